The number of carbonyl (C=O) groups excluding carboxylic acids is 1. The van der Waals surface area contributed by atoms with Gasteiger partial charge in [0.1, 0.15) is 6.61 Å². The smallest absolute Gasteiger partial charge is 0.269 e. The molecule has 0 bridgehead atoms. The van der Waals surface area contributed by atoms with Gasteiger partial charge in [0.05, 0.1) is 24.8 Å². The normalized spacial score (nSPS) is 10.5. The molecular weight excluding hydrogens is 412 g/mol. The van der Waals surface area contributed by atoms with Crippen LogP contribution in [0.1, 0.15) is 11.1 Å². The van der Waals surface area contributed by atoms with Crippen molar-refractivity contribution >= 4 is 23.5 Å². The van der Waals surface area contributed by atoms with E-state index in [0.717, 1.165) is 11.3 Å². The maximum absolute atomic E-state index is 11.9. The van der Waals surface area contributed by atoms with E-state index >= 15 is 0 Å². The van der Waals surface area contributed by atoms with Gasteiger partial charge in [-0.05, 0) is 53.6 Å². The van der Waals surface area contributed by atoms with Crippen LogP contribution in [0, 0.1) is 10.1 Å². The number of hydrazone groups is 1. The summed E-state index contributed by atoms with van der Waals surface area (Å²) in [5.41, 5.74) is 4.83. The SMILES string of the molecule is COc1cc(/C=N\NC(=O)CNc2ccccc2)ccc1OCc1ccc([N+](=O)[O-])cc1. The van der Waals surface area contributed by atoms with E-state index in [0.29, 0.717) is 17.1 Å². The Hall–Kier alpha value is -4.40. The summed E-state index contributed by atoms with van der Waals surface area (Å²) in [7, 11) is 1.52. The van der Waals surface area contributed by atoms with Crippen molar-refractivity contribution in [2.75, 3.05) is 19.0 Å². The average molecular weight is 434 g/mol. The Balaban J connectivity index is 1.52. The molecule has 0 unspecified atom stereocenters. The fraction of sp³-hybridized carbons (Fsp3) is 0.130. The summed E-state index contributed by atoms with van der Waals surface area (Å²) in [4.78, 5) is 22.2. The van der Waals surface area contributed by atoms with Crippen LogP contribution < -0.4 is 20.2 Å². The molecular formula is C23H22N4O5. The summed E-state index contributed by atoms with van der Waals surface area (Å²) < 4.78 is 11.1. The second-order valence-corrected chi connectivity index (χ2v) is 6.64. The highest BCUT2D eigenvalue weighted by Crippen LogP contribution is 2.28. The number of nitrogens with one attached hydrogen (secondary N) is 2. The molecule has 3 aromatic carbocycles. The van der Waals surface area contributed by atoms with Crippen molar-refractivity contribution in [2.24, 2.45) is 5.10 Å². The second kappa shape index (κ2) is 11.1. The highest BCUT2D eigenvalue weighted by Gasteiger charge is 2.08. The van der Waals surface area contributed by atoms with Crippen molar-refractivity contribution in [2.45, 2.75) is 6.61 Å². The molecule has 0 aliphatic heterocycles. The third-order valence-corrected chi connectivity index (χ3v) is 4.36. The Kier molecular flexibility index (Phi) is 7.74. The van der Waals surface area contributed by atoms with Gasteiger partial charge in [-0.15, -0.1) is 0 Å². The van der Waals surface area contributed by atoms with Crippen LogP contribution in [0.15, 0.2) is 77.9 Å². The first-order valence-electron chi connectivity index (χ1n) is 9.70. The molecule has 2 N–H and O–H groups in total. The maximum Gasteiger partial charge on any atom is 0.269 e. The van der Waals surface area contributed by atoms with Crippen molar-refractivity contribution in [3.63, 3.8) is 0 Å². The minimum Gasteiger partial charge on any atom is -0.493 e. The molecule has 0 aliphatic carbocycles. The van der Waals surface area contributed by atoms with Gasteiger partial charge in [0.15, 0.2) is 11.5 Å². The van der Waals surface area contributed by atoms with E-state index < -0.39 is 4.92 Å². The van der Waals surface area contributed by atoms with E-state index in [2.05, 4.69) is 15.8 Å². The zero-order valence-electron chi connectivity index (χ0n) is 17.4. The molecule has 0 aromatic heterocycles. The minimum absolute atomic E-state index is 0.0258. The van der Waals surface area contributed by atoms with E-state index in [1.807, 2.05) is 30.3 Å². The lowest BCUT2D eigenvalue weighted by Crippen LogP contribution is -2.25. The number of rotatable bonds is 10. The lowest BCUT2D eigenvalue weighted by Gasteiger charge is -2.11. The number of benzene rings is 3. The lowest BCUT2D eigenvalue weighted by atomic mass is 10.2. The molecule has 0 spiro atoms. The molecule has 32 heavy (non-hydrogen) atoms. The molecule has 0 radical (unpaired) electrons. The number of nitro benzene ring substituents is 1. The van der Waals surface area contributed by atoms with Gasteiger partial charge in [-0.2, -0.15) is 5.10 Å². The van der Waals surface area contributed by atoms with Crippen LogP contribution in [0.4, 0.5) is 11.4 Å². The number of amides is 1. The number of nitrogens with zero attached hydrogens (tertiary/aromatic N) is 2. The molecule has 3 aromatic rings. The summed E-state index contributed by atoms with van der Waals surface area (Å²) in [5.74, 6) is 0.729. The predicted molar refractivity (Wildman–Crippen MR) is 121 cm³/mol. The van der Waals surface area contributed by atoms with Crippen LogP contribution in [0.2, 0.25) is 0 Å². The standard InChI is InChI=1S/C23H22N4O5/c1-31-22-13-18(14-25-26-23(28)15-24-19-5-3-2-4-6-19)9-12-21(22)32-16-17-7-10-20(11-8-17)27(29)30/h2-14,24H,15-16H2,1H3,(H,26,28)/b25-14-. The first-order chi connectivity index (χ1) is 15.5. The minimum atomic E-state index is -0.448. The summed E-state index contributed by atoms with van der Waals surface area (Å²) >= 11 is 0. The number of para-hydroxylation sites is 1. The molecule has 3 rings (SSSR count). The predicted octanol–water partition coefficient (Wildman–Crippen LogP) is 3.74. The van der Waals surface area contributed by atoms with E-state index in [1.165, 1.54) is 25.5 Å². The van der Waals surface area contributed by atoms with Gasteiger partial charge in [0.2, 0.25) is 0 Å². The van der Waals surface area contributed by atoms with Gasteiger partial charge in [-0.1, -0.05) is 18.2 Å². The zero-order valence-corrected chi connectivity index (χ0v) is 17.4. The molecule has 1 amide bonds. The number of carbonyl (C=O) groups is 1. The largest absolute Gasteiger partial charge is 0.493 e. The third kappa shape index (κ3) is 6.56. The first kappa shape index (κ1) is 22.3. The molecule has 0 fully saturated rings. The van der Waals surface area contributed by atoms with E-state index in [9.17, 15) is 14.9 Å². The Bertz CT molecular complexity index is 1090. The van der Waals surface area contributed by atoms with Crippen LogP contribution in [-0.4, -0.2) is 30.7 Å². The second-order valence-electron chi connectivity index (χ2n) is 6.64. The third-order valence-electron chi connectivity index (χ3n) is 4.36. The molecule has 9 heteroatoms. The maximum atomic E-state index is 11.9. The number of non-ortho nitro benzene ring substituents is 1. The topological polar surface area (TPSA) is 115 Å². The number of hydrogen-bond donors (Lipinski definition) is 2. The molecule has 164 valence electrons. The summed E-state index contributed by atoms with van der Waals surface area (Å²) in [6, 6.07) is 20.8. The van der Waals surface area contributed by atoms with Crippen molar-refractivity contribution in [3.8, 4) is 11.5 Å². The fourth-order valence-corrected chi connectivity index (χ4v) is 2.72. The first-order valence-corrected chi connectivity index (χ1v) is 9.70. The van der Waals surface area contributed by atoms with E-state index in [1.54, 1.807) is 30.3 Å². The van der Waals surface area contributed by atoms with Crippen molar-refractivity contribution in [1.82, 2.24) is 5.43 Å². The van der Waals surface area contributed by atoms with Gasteiger partial charge in [0, 0.05) is 17.8 Å². The number of methoxy groups -OCH3 is 1. The molecule has 0 saturated heterocycles. The summed E-state index contributed by atoms with van der Waals surface area (Å²) in [5, 5.41) is 17.7. The highest BCUT2D eigenvalue weighted by molar-refractivity contribution is 5.84. The van der Waals surface area contributed by atoms with Gasteiger partial charge in [0.25, 0.3) is 11.6 Å². The summed E-state index contributed by atoms with van der Waals surface area (Å²) in [6.45, 7) is 0.326. The van der Waals surface area contributed by atoms with Gasteiger partial charge in [-0.3, -0.25) is 14.9 Å². The average Bonchev–Trinajstić information content (AvgIpc) is 2.82. The van der Waals surface area contributed by atoms with Gasteiger partial charge in [-0.25, -0.2) is 5.43 Å². The van der Waals surface area contributed by atoms with Crippen LogP contribution >= 0.6 is 0 Å². The van der Waals surface area contributed by atoms with Crippen molar-refractivity contribution < 1.29 is 19.2 Å². The Morgan fingerprint density at radius 1 is 1.06 bits per heavy atom. The number of ether oxygens (including phenoxy) is 2. The van der Waals surface area contributed by atoms with Gasteiger partial charge >= 0.3 is 0 Å². The summed E-state index contributed by atoms with van der Waals surface area (Å²) in [6.07, 6.45) is 1.50. The Labute approximate surface area is 184 Å². The molecule has 0 atom stereocenters. The monoisotopic (exact) mass is 434 g/mol. The van der Waals surface area contributed by atoms with Crippen molar-refractivity contribution in [1.29, 1.82) is 0 Å². The van der Waals surface area contributed by atoms with E-state index in [-0.39, 0.29) is 24.7 Å². The lowest BCUT2D eigenvalue weighted by molar-refractivity contribution is -0.384. The molecule has 0 saturated carbocycles. The molecule has 0 aliphatic rings. The van der Waals surface area contributed by atoms with Crippen LogP contribution in [-0.2, 0) is 11.4 Å². The van der Waals surface area contributed by atoms with Crippen LogP contribution in [0.5, 0.6) is 11.5 Å². The van der Waals surface area contributed by atoms with Crippen molar-refractivity contribution in [3.05, 3.63) is 94.0 Å². The van der Waals surface area contributed by atoms with Crippen LogP contribution in [0.25, 0.3) is 0 Å². The number of hydrogen-bond acceptors (Lipinski definition) is 7. The van der Waals surface area contributed by atoms with Gasteiger partial charge < -0.3 is 14.8 Å². The van der Waals surface area contributed by atoms with Crippen LogP contribution in [0.3, 0.4) is 0 Å². The molecule has 0 heterocycles. The quantitative estimate of drug-likeness (QED) is 0.285. The number of anilines is 1. The zero-order chi connectivity index (χ0) is 22.8. The highest BCUT2D eigenvalue weighted by atomic mass is 16.6. The molecule has 9 nitrogen and oxygen atoms in total. The number of nitro groups is 1. The van der Waals surface area contributed by atoms with E-state index in [4.69, 9.17) is 9.47 Å². The Morgan fingerprint density at radius 3 is 2.50 bits per heavy atom. The fourth-order valence-electron chi connectivity index (χ4n) is 2.72. The Morgan fingerprint density at radius 2 is 1.81 bits per heavy atom.